The van der Waals surface area contributed by atoms with Gasteiger partial charge in [0, 0.05) is 28.7 Å². The molecule has 1 N–H and O–H groups in total. The van der Waals surface area contributed by atoms with Crippen LogP contribution in [0.2, 0.25) is 5.02 Å². The highest BCUT2D eigenvalue weighted by Crippen LogP contribution is 2.35. The number of carboxylic acids is 1. The summed E-state index contributed by atoms with van der Waals surface area (Å²) in [6, 6.07) is 10.5. The maximum atomic E-state index is 13.4. The van der Waals surface area contributed by atoms with Crippen molar-refractivity contribution < 1.29 is 32.7 Å². The van der Waals surface area contributed by atoms with Gasteiger partial charge in [0.15, 0.2) is 0 Å². The monoisotopic (exact) mass is 494 g/mol. The quantitative estimate of drug-likeness (QED) is 0.475. The Morgan fingerprint density at radius 1 is 1.12 bits per heavy atom. The Labute approximate surface area is 194 Å². The number of imide groups is 1. The number of fused-ring (bicyclic) bond motifs is 1. The highest BCUT2D eigenvalue weighted by molar-refractivity contribution is 8.18. The van der Waals surface area contributed by atoms with Gasteiger partial charge in [-0.25, -0.2) is 0 Å². The van der Waals surface area contributed by atoms with Crippen molar-refractivity contribution in [3.63, 3.8) is 0 Å². The molecule has 0 radical (unpaired) electrons. The summed E-state index contributed by atoms with van der Waals surface area (Å²) < 4.78 is 41.9. The number of hydrogen-bond acceptors (Lipinski definition) is 4. The zero-order valence-electron chi connectivity index (χ0n) is 16.6. The molecule has 1 fully saturated rings. The van der Waals surface area contributed by atoms with Crippen LogP contribution in [0.1, 0.15) is 16.7 Å². The molecule has 0 saturated carbocycles. The lowest BCUT2D eigenvalue weighted by atomic mass is 10.1. The molecule has 4 rings (SSSR count). The molecule has 0 unspecified atom stereocenters. The van der Waals surface area contributed by atoms with Crippen LogP contribution in [0.25, 0.3) is 17.0 Å². The summed E-state index contributed by atoms with van der Waals surface area (Å²) >= 11 is 6.40. The smallest absolute Gasteiger partial charge is 0.416 e. The van der Waals surface area contributed by atoms with Gasteiger partial charge >= 0.3 is 12.1 Å². The first-order chi connectivity index (χ1) is 15.5. The van der Waals surface area contributed by atoms with Crippen molar-refractivity contribution >= 4 is 57.5 Å². The van der Waals surface area contributed by atoms with Gasteiger partial charge in [0.05, 0.1) is 10.5 Å². The number of nitrogens with zero attached hydrogens (tertiary/aromatic N) is 2. The molecule has 1 aliphatic rings. The van der Waals surface area contributed by atoms with Crippen LogP contribution in [0.5, 0.6) is 0 Å². The van der Waals surface area contributed by atoms with E-state index in [0.717, 1.165) is 11.5 Å². The average Bonchev–Trinajstić information content (AvgIpc) is 3.24. The van der Waals surface area contributed by atoms with Crippen LogP contribution in [0.3, 0.4) is 0 Å². The lowest BCUT2D eigenvalue weighted by Crippen LogP contribution is -2.33. The molecule has 2 amide bonds. The molecular formula is C22H14ClF3N2O4S. The van der Waals surface area contributed by atoms with Crippen molar-refractivity contribution in [1.29, 1.82) is 0 Å². The normalized spacial score (nSPS) is 15.8. The summed E-state index contributed by atoms with van der Waals surface area (Å²) in [5, 5.41) is 8.90. The minimum absolute atomic E-state index is 0.000787. The highest BCUT2D eigenvalue weighted by atomic mass is 35.5. The van der Waals surface area contributed by atoms with E-state index in [1.165, 1.54) is 18.2 Å². The fourth-order valence-electron chi connectivity index (χ4n) is 3.50. The number of carboxylic acid groups (broad SMARTS) is 1. The molecule has 1 aliphatic heterocycles. The van der Waals surface area contributed by atoms with Gasteiger partial charge in [0.2, 0.25) is 0 Å². The van der Waals surface area contributed by atoms with E-state index in [1.54, 1.807) is 35.0 Å². The molecule has 6 nitrogen and oxygen atoms in total. The number of carbonyl (C=O) groups is 3. The van der Waals surface area contributed by atoms with E-state index in [-0.39, 0.29) is 22.0 Å². The summed E-state index contributed by atoms with van der Waals surface area (Å²) in [5.41, 5.74) is 0.531. The maximum absolute atomic E-state index is 13.4. The summed E-state index contributed by atoms with van der Waals surface area (Å²) in [5.74, 6) is -1.98. The van der Waals surface area contributed by atoms with E-state index in [1.807, 2.05) is 0 Å². The van der Waals surface area contributed by atoms with Crippen LogP contribution in [-0.2, 0) is 22.3 Å². The second-order valence-corrected chi connectivity index (χ2v) is 8.65. The number of alkyl halides is 3. The number of aliphatic carboxylic acids is 1. The van der Waals surface area contributed by atoms with E-state index in [9.17, 15) is 27.6 Å². The number of carbonyl (C=O) groups excluding carboxylic acids is 2. The molecule has 2 heterocycles. The first kappa shape index (κ1) is 22.9. The van der Waals surface area contributed by atoms with Crippen LogP contribution in [0.4, 0.5) is 18.0 Å². The van der Waals surface area contributed by atoms with Crippen LogP contribution < -0.4 is 0 Å². The predicted octanol–water partition coefficient (Wildman–Crippen LogP) is 5.48. The molecule has 33 heavy (non-hydrogen) atoms. The predicted molar refractivity (Wildman–Crippen MR) is 118 cm³/mol. The van der Waals surface area contributed by atoms with E-state index < -0.39 is 35.4 Å². The van der Waals surface area contributed by atoms with Gasteiger partial charge in [-0.3, -0.25) is 19.3 Å². The van der Waals surface area contributed by atoms with Crippen LogP contribution in [0, 0.1) is 0 Å². The largest absolute Gasteiger partial charge is 0.480 e. The van der Waals surface area contributed by atoms with E-state index in [4.69, 9.17) is 16.7 Å². The third kappa shape index (κ3) is 4.76. The van der Waals surface area contributed by atoms with E-state index >= 15 is 0 Å². The zero-order chi connectivity index (χ0) is 23.9. The van der Waals surface area contributed by atoms with Crippen molar-refractivity contribution in [2.45, 2.75) is 12.7 Å². The Kier molecular flexibility index (Phi) is 5.98. The molecule has 0 spiro atoms. The standard InChI is InChI=1S/C22H14ClF3N2O4S/c23-15-3-2-14(16(9-15)22(24,25)26)10-27-6-5-13-7-12(1-4-17(13)27)8-18-20(31)28(11-19(29)30)21(32)33-18/h1-9H,10-11H2,(H,29,30). The van der Waals surface area contributed by atoms with Crippen molar-refractivity contribution in [2.24, 2.45) is 0 Å². The fourth-order valence-corrected chi connectivity index (χ4v) is 4.51. The van der Waals surface area contributed by atoms with Gasteiger partial charge in [-0.1, -0.05) is 23.7 Å². The molecular weight excluding hydrogens is 481 g/mol. The molecule has 11 heteroatoms. The zero-order valence-corrected chi connectivity index (χ0v) is 18.2. The Hall–Kier alpha value is -3.24. The van der Waals surface area contributed by atoms with Crippen LogP contribution >= 0.6 is 23.4 Å². The third-order valence-corrected chi connectivity index (χ3v) is 6.12. The number of halogens is 4. The topological polar surface area (TPSA) is 79.6 Å². The van der Waals surface area contributed by atoms with E-state index in [0.29, 0.717) is 27.7 Å². The number of rotatable bonds is 5. The van der Waals surface area contributed by atoms with Gasteiger partial charge in [-0.15, -0.1) is 0 Å². The lowest BCUT2D eigenvalue weighted by molar-refractivity contribution is -0.140. The highest BCUT2D eigenvalue weighted by Gasteiger charge is 2.36. The summed E-state index contributed by atoms with van der Waals surface area (Å²) in [6.07, 6.45) is -1.41. The summed E-state index contributed by atoms with van der Waals surface area (Å²) in [4.78, 5) is 35.8. The number of thioether (sulfide) groups is 1. The Balaban J connectivity index is 1.62. The van der Waals surface area contributed by atoms with Gasteiger partial charge < -0.3 is 9.67 Å². The third-order valence-electron chi connectivity index (χ3n) is 4.98. The maximum Gasteiger partial charge on any atom is 0.416 e. The molecule has 1 saturated heterocycles. The summed E-state index contributed by atoms with van der Waals surface area (Å²) in [7, 11) is 0. The Morgan fingerprint density at radius 2 is 1.88 bits per heavy atom. The lowest BCUT2D eigenvalue weighted by Gasteiger charge is -2.14. The van der Waals surface area contributed by atoms with Crippen molar-refractivity contribution in [1.82, 2.24) is 9.47 Å². The first-order valence-electron chi connectivity index (χ1n) is 9.44. The van der Waals surface area contributed by atoms with E-state index in [2.05, 4.69) is 0 Å². The molecule has 0 bridgehead atoms. The molecule has 0 aliphatic carbocycles. The second-order valence-electron chi connectivity index (χ2n) is 7.22. The van der Waals surface area contributed by atoms with Crippen molar-refractivity contribution in [3.05, 3.63) is 75.3 Å². The summed E-state index contributed by atoms with van der Waals surface area (Å²) in [6.45, 7) is -0.739. The van der Waals surface area contributed by atoms with Gasteiger partial charge in [0.1, 0.15) is 6.54 Å². The Bertz CT molecular complexity index is 1330. The van der Waals surface area contributed by atoms with Gasteiger partial charge in [-0.2, -0.15) is 13.2 Å². The first-order valence-corrected chi connectivity index (χ1v) is 10.6. The van der Waals surface area contributed by atoms with Crippen molar-refractivity contribution in [2.75, 3.05) is 6.54 Å². The van der Waals surface area contributed by atoms with Gasteiger partial charge in [0.25, 0.3) is 11.1 Å². The molecule has 3 aromatic rings. The Morgan fingerprint density at radius 3 is 2.58 bits per heavy atom. The fraction of sp³-hybridized carbons (Fsp3) is 0.136. The average molecular weight is 495 g/mol. The number of amides is 2. The van der Waals surface area contributed by atoms with Gasteiger partial charge in [-0.05, 0) is 59.3 Å². The number of aromatic nitrogens is 1. The SMILES string of the molecule is O=C(O)CN1C(=O)SC(=Cc2ccc3c(ccn3Cc3ccc(Cl)cc3C(F)(F)F)c2)C1=O. The molecule has 1 aromatic heterocycles. The van der Waals surface area contributed by atoms with Crippen LogP contribution in [-0.4, -0.2) is 38.2 Å². The minimum atomic E-state index is -4.54. The molecule has 2 aromatic carbocycles. The number of hydrogen-bond donors (Lipinski definition) is 1. The molecule has 170 valence electrons. The van der Waals surface area contributed by atoms with Crippen LogP contribution in [0.15, 0.2) is 53.6 Å². The molecule has 0 atom stereocenters. The second kappa shape index (κ2) is 8.60. The van der Waals surface area contributed by atoms with Crippen molar-refractivity contribution in [3.8, 4) is 0 Å². The minimum Gasteiger partial charge on any atom is -0.480 e. The number of benzene rings is 2.